The van der Waals surface area contributed by atoms with Gasteiger partial charge in [-0.25, -0.2) is 4.98 Å². The fourth-order valence-corrected chi connectivity index (χ4v) is 3.57. The fourth-order valence-electron chi connectivity index (χ4n) is 3.29. The molecule has 1 aliphatic heterocycles. The van der Waals surface area contributed by atoms with Gasteiger partial charge in [0, 0.05) is 23.5 Å². The first-order valence-corrected chi connectivity index (χ1v) is 10.1. The lowest BCUT2D eigenvalue weighted by atomic mass is 9.96. The van der Waals surface area contributed by atoms with Crippen molar-refractivity contribution in [2.75, 3.05) is 36.8 Å². The number of anilines is 2. The van der Waals surface area contributed by atoms with Crippen LogP contribution in [0.25, 0.3) is 0 Å². The molecule has 0 aliphatic carbocycles. The van der Waals surface area contributed by atoms with E-state index >= 15 is 0 Å². The summed E-state index contributed by atoms with van der Waals surface area (Å²) in [6, 6.07) is 8.41. The number of nitrogens with zero attached hydrogens (tertiary/aromatic N) is 2. The number of rotatable bonds is 7. The lowest BCUT2D eigenvalue weighted by molar-refractivity contribution is -0.138. The monoisotopic (exact) mass is 436 g/mol. The van der Waals surface area contributed by atoms with Gasteiger partial charge >= 0.3 is 5.97 Å². The number of aromatic nitrogens is 1. The molecule has 2 aromatic rings. The summed E-state index contributed by atoms with van der Waals surface area (Å²) < 4.78 is 0. The van der Waals surface area contributed by atoms with E-state index < -0.39 is 5.97 Å². The summed E-state index contributed by atoms with van der Waals surface area (Å²) >= 11 is 11.9. The van der Waals surface area contributed by atoms with E-state index in [1.54, 1.807) is 30.3 Å². The number of halogens is 2. The Morgan fingerprint density at radius 2 is 1.86 bits per heavy atom. The lowest BCUT2D eigenvalue weighted by Gasteiger charge is -2.31. The number of nitrogens with one attached hydrogen (secondary N) is 2. The zero-order chi connectivity index (χ0) is 20.8. The van der Waals surface area contributed by atoms with Crippen molar-refractivity contribution in [3.8, 4) is 0 Å². The first kappa shape index (κ1) is 21.4. The number of benzene rings is 1. The third-order valence-electron chi connectivity index (χ3n) is 4.84. The van der Waals surface area contributed by atoms with Gasteiger partial charge in [-0.15, -0.1) is 0 Å². The Morgan fingerprint density at radius 1 is 1.14 bits per heavy atom. The maximum Gasteiger partial charge on any atom is 0.317 e. The Kier molecular flexibility index (Phi) is 7.30. The number of carboxylic acids is 1. The SMILES string of the molecule is O=C(O)CN1CCC(CNc2ccc(Cl)cc2C(=O)Nc2ccc(Cl)cn2)CC1. The van der Waals surface area contributed by atoms with Gasteiger partial charge in [-0.05, 0) is 62.2 Å². The number of piperidine rings is 1. The number of hydrogen-bond donors (Lipinski definition) is 3. The Bertz CT molecular complexity index is 869. The molecule has 3 rings (SSSR count). The van der Waals surface area contributed by atoms with Crippen LogP contribution in [0.3, 0.4) is 0 Å². The van der Waals surface area contributed by atoms with E-state index in [1.807, 2.05) is 4.90 Å². The highest BCUT2D eigenvalue weighted by molar-refractivity contribution is 6.31. The molecule has 154 valence electrons. The molecule has 0 bridgehead atoms. The molecule has 0 unspecified atom stereocenters. The second-order valence-electron chi connectivity index (χ2n) is 7.00. The molecule has 0 spiro atoms. The zero-order valence-corrected chi connectivity index (χ0v) is 17.2. The minimum absolute atomic E-state index is 0.0837. The van der Waals surface area contributed by atoms with Gasteiger partial charge in [0.25, 0.3) is 5.91 Å². The molecule has 7 nitrogen and oxygen atoms in total. The molecule has 3 N–H and O–H groups in total. The van der Waals surface area contributed by atoms with Crippen LogP contribution in [-0.2, 0) is 4.79 Å². The van der Waals surface area contributed by atoms with Crippen molar-refractivity contribution in [2.24, 2.45) is 5.92 Å². The first-order valence-electron chi connectivity index (χ1n) is 9.31. The molecule has 0 atom stereocenters. The maximum atomic E-state index is 12.7. The second kappa shape index (κ2) is 9.91. The Labute approximate surface area is 179 Å². The van der Waals surface area contributed by atoms with E-state index in [-0.39, 0.29) is 12.5 Å². The number of carboxylic acid groups (broad SMARTS) is 1. The van der Waals surface area contributed by atoms with Crippen LogP contribution < -0.4 is 10.6 Å². The first-order chi connectivity index (χ1) is 13.9. The molecular weight excluding hydrogens is 415 g/mol. The summed E-state index contributed by atoms with van der Waals surface area (Å²) in [4.78, 5) is 29.6. The predicted molar refractivity (Wildman–Crippen MR) is 114 cm³/mol. The normalized spacial score (nSPS) is 15.1. The summed E-state index contributed by atoms with van der Waals surface area (Å²) in [5, 5.41) is 15.9. The van der Waals surface area contributed by atoms with Gasteiger partial charge in [-0.1, -0.05) is 23.2 Å². The van der Waals surface area contributed by atoms with Crippen LogP contribution in [0.5, 0.6) is 0 Å². The van der Waals surface area contributed by atoms with Crippen LogP contribution >= 0.6 is 23.2 Å². The third kappa shape index (κ3) is 6.32. The van der Waals surface area contributed by atoms with Crippen molar-refractivity contribution in [1.29, 1.82) is 0 Å². The quantitative estimate of drug-likeness (QED) is 0.609. The molecule has 1 saturated heterocycles. The molecule has 2 heterocycles. The zero-order valence-electron chi connectivity index (χ0n) is 15.7. The Morgan fingerprint density at radius 3 is 2.52 bits per heavy atom. The van der Waals surface area contributed by atoms with Crippen molar-refractivity contribution in [1.82, 2.24) is 9.88 Å². The van der Waals surface area contributed by atoms with Crippen LogP contribution in [0.2, 0.25) is 10.0 Å². The number of amides is 1. The molecule has 1 aromatic heterocycles. The van der Waals surface area contributed by atoms with E-state index in [1.165, 1.54) is 6.20 Å². The fraction of sp³-hybridized carbons (Fsp3) is 0.350. The molecule has 1 amide bonds. The molecule has 1 aromatic carbocycles. The van der Waals surface area contributed by atoms with Gasteiger partial charge in [0.15, 0.2) is 0 Å². The summed E-state index contributed by atoms with van der Waals surface area (Å²) in [7, 11) is 0. The van der Waals surface area contributed by atoms with Crippen LogP contribution in [-0.4, -0.2) is 53.0 Å². The van der Waals surface area contributed by atoms with Crippen LogP contribution in [0.1, 0.15) is 23.2 Å². The highest BCUT2D eigenvalue weighted by Crippen LogP contribution is 2.24. The molecule has 9 heteroatoms. The van der Waals surface area contributed by atoms with Crippen LogP contribution in [0, 0.1) is 5.92 Å². The number of pyridine rings is 1. The van der Waals surface area contributed by atoms with E-state index in [4.69, 9.17) is 28.3 Å². The molecule has 1 aliphatic rings. The topological polar surface area (TPSA) is 94.6 Å². The van der Waals surface area contributed by atoms with Crippen molar-refractivity contribution >= 4 is 46.6 Å². The van der Waals surface area contributed by atoms with Crippen molar-refractivity contribution in [2.45, 2.75) is 12.8 Å². The van der Waals surface area contributed by atoms with E-state index in [0.717, 1.165) is 25.9 Å². The van der Waals surface area contributed by atoms with Crippen LogP contribution in [0.15, 0.2) is 36.5 Å². The second-order valence-corrected chi connectivity index (χ2v) is 7.87. The highest BCUT2D eigenvalue weighted by Gasteiger charge is 2.21. The van der Waals surface area contributed by atoms with Crippen LogP contribution in [0.4, 0.5) is 11.5 Å². The minimum Gasteiger partial charge on any atom is -0.480 e. The van der Waals surface area contributed by atoms with Crippen molar-refractivity contribution in [3.05, 3.63) is 52.1 Å². The minimum atomic E-state index is -0.798. The van der Waals surface area contributed by atoms with E-state index in [0.29, 0.717) is 39.6 Å². The third-order valence-corrected chi connectivity index (χ3v) is 5.30. The molecule has 0 radical (unpaired) electrons. The number of carbonyl (C=O) groups is 2. The van der Waals surface area contributed by atoms with Gasteiger partial charge < -0.3 is 15.7 Å². The molecule has 1 fully saturated rings. The van der Waals surface area contributed by atoms with Gasteiger partial charge in [0.05, 0.1) is 17.1 Å². The average Bonchev–Trinajstić information content (AvgIpc) is 2.69. The van der Waals surface area contributed by atoms with E-state index in [2.05, 4.69) is 15.6 Å². The molecular formula is C20H22Cl2N4O3. The number of aliphatic carboxylic acids is 1. The van der Waals surface area contributed by atoms with Gasteiger partial charge in [-0.2, -0.15) is 0 Å². The number of carbonyl (C=O) groups excluding carboxylic acids is 1. The summed E-state index contributed by atoms with van der Waals surface area (Å²) in [6.07, 6.45) is 3.28. The number of likely N-dealkylation sites (tertiary alicyclic amines) is 1. The van der Waals surface area contributed by atoms with Crippen molar-refractivity contribution in [3.63, 3.8) is 0 Å². The van der Waals surface area contributed by atoms with Gasteiger partial charge in [0.1, 0.15) is 5.82 Å². The molecule has 29 heavy (non-hydrogen) atoms. The predicted octanol–water partition coefficient (Wildman–Crippen LogP) is 3.85. The van der Waals surface area contributed by atoms with Gasteiger partial charge in [0.2, 0.25) is 0 Å². The molecule has 0 saturated carbocycles. The lowest BCUT2D eigenvalue weighted by Crippen LogP contribution is -2.38. The van der Waals surface area contributed by atoms with E-state index in [9.17, 15) is 9.59 Å². The standard InChI is InChI=1S/C20H22Cl2N4O3/c21-14-1-3-17(23-10-13-5-7-26(8-6-13)12-19(27)28)16(9-14)20(29)25-18-4-2-15(22)11-24-18/h1-4,9,11,13,23H,5-8,10,12H2,(H,27,28)(H,24,25,29). The van der Waals surface area contributed by atoms with Gasteiger partial charge in [-0.3, -0.25) is 14.5 Å². The van der Waals surface area contributed by atoms with Crippen molar-refractivity contribution < 1.29 is 14.7 Å². The number of hydrogen-bond acceptors (Lipinski definition) is 5. The smallest absolute Gasteiger partial charge is 0.317 e. The summed E-state index contributed by atoms with van der Waals surface area (Å²) in [5.74, 6) is -0.310. The Balaban J connectivity index is 1.61. The summed E-state index contributed by atoms with van der Waals surface area (Å²) in [5.41, 5.74) is 1.12. The largest absolute Gasteiger partial charge is 0.480 e. The maximum absolute atomic E-state index is 12.7. The average molecular weight is 437 g/mol. The highest BCUT2D eigenvalue weighted by atomic mass is 35.5. The summed E-state index contributed by atoms with van der Waals surface area (Å²) in [6.45, 7) is 2.30. The Hall–Kier alpha value is -2.35.